The lowest BCUT2D eigenvalue weighted by Gasteiger charge is -2.53. The molecule has 6 nitrogen and oxygen atoms in total. The Morgan fingerprint density at radius 3 is 2.48 bits per heavy atom. The third-order valence-corrected chi connectivity index (χ3v) is 8.65. The van der Waals surface area contributed by atoms with Crippen molar-refractivity contribution in [2.24, 2.45) is 5.41 Å². The molecule has 1 fully saturated rings. The van der Waals surface area contributed by atoms with Crippen molar-refractivity contribution >= 4 is 27.5 Å². The van der Waals surface area contributed by atoms with Gasteiger partial charge in [-0.1, -0.05) is 38.6 Å². The molecule has 1 amide bonds. The van der Waals surface area contributed by atoms with Crippen molar-refractivity contribution in [2.75, 3.05) is 7.11 Å². The first-order valence-electron chi connectivity index (χ1n) is 7.98. The van der Waals surface area contributed by atoms with Gasteiger partial charge in [0.2, 0.25) is 0 Å². The fourth-order valence-corrected chi connectivity index (χ4v) is 7.41. The summed E-state index contributed by atoms with van der Waals surface area (Å²) >= 11 is 1.20. The minimum Gasteiger partial charge on any atom is -0.368 e. The third-order valence-electron chi connectivity index (χ3n) is 4.43. The van der Waals surface area contributed by atoms with Gasteiger partial charge in [-0.05, 0) is 24.6 Å². The van der Waals surface area contributed by atoms with E-state index in [9.17, 15) is 13.2 Å². The first-order valence-corrected chi connectivity index (χ1v) is 10.5. The van der Waals surface area contributed by atoms with Crippen LogP contribution < -0.4 is 0 Å². The van der Waals surface area contributed by atoms with Gasteiger partial charge in [0.15, 0.2) is 21.3 Å². The van der Waals surface area contributed by atoms with E-state index in [0.29, 0.717) is 10.6 Å². The van der Waals surface area contributed by atoms with Gasteiger partial charge in [-0.2, -0.15) is 0 Å². The van der Waals surface area contributed by atoms with Crippen LogP contribution >= 0.6 is 11.8 Å². The van der Waals surface area contributed by atoms with Crippen LogP contribution in [0.2, 0.25) is 0 Å². The van der Waals surface area contributed by atoms with Crippen LogP contribution in [0.5, 0.6) is 0 Å². The summed E-state index contributed by atoms with van der Waals surface area (Å²) in [4.78, 5) is 18.1. The monoisotopic (exact) mass is 382 g/mol. The van der Waals surface area contributed by atoms with E-state index in [-0.39, 0.29) is 11.3 Å². The largest absolute Gasteiger partial charge is 0.368 e. The lowest BCUT2D eigenvalue weighted by Crippen LogP contribution is -2.71. The highest BCUT2D eigenvalue weighted by Crippen LogP contribution is 2.50. The molecule has 3 heterocycles. The quantitative estimate of drug-likeness (QED) is 0.748. The van der Waals surface area contributed by atoms with Crippen LogP contribution in [0, 0.1) is 5.41 Å². The molecule has 25 heavy (non-hydrogen) atoms. The molecule has 136 valence electrons. The number of fused-ring (bicyclic) bond motifs is 1. The summed E-state index contributed by atoms with van der Waals surface area (Å²) in [6.07, 6.45) is 0.695. The molecule has 1 aromatic heterocycles. The van der Waals surface area contributed by atoms with Gasteiger partial charge >= 0.3 is 0 Å². The van der Waals surface area contributed by atoms with Crippen LogP contribution in [-0.2, 0) is 19.4 Å². The highest BCUT2D eigenvalue weighted by molar-refractivity contribution is 8.14. The molecule has 1 saturated heterocycles. The number of pyridine rings is 1. The van der Waals surface area contributed by atoms with Crippen LogP contribution in [-0.4, -0.2) is 47.4 Å². The molecule has 0 bridgehead atoms. The van der Waals surface area contributed by atoms with Gasteiger partial charge in [0.25, 0.3) is 5.91 Å². The van der Waals surface area contributed by atoms with E-state index in [4.69, 9.17) is 4.74 Å². The Morgan fingerprint density at radius 2 is 1.96 bits per heavy atom. The average Bonchev–Trinajstić information content (AvgIpc) is 2.52. The number of methoxy groups -OCH3 is 1. The van der Waals surface area contributed by atoms with Crippen LogP contribution in [0.4, 0.5) is 0 Å². The van der Waals surface area contributed by atoms with E-state index in [1.807, 2.05) is 26.8 Å². The number of ether oxygens (including phenoxy) is 1. The van der Waals surface area contributed by atoms with Crippen molar-refractivity contribution in [3.8, 4) is 0 Å². The van der Waals surface area contributed by atoms with Gasteiger partial charge in [0.1, 0.15) is 4.58 Å². The number of amides is 1. The van der Waals surface area contributed by atoms with Gasteiger partial charge in [0.05, 0.1) is 5.03 Å². The molecule has 3 rings (SSSR count). The summed E-state index contributed by atoms with van der Waals surface area (Å²) in [7, 11) is -2.28. The zero-order valence-electron chi connectivity index (χ0n) is 14.9. The Bertz CT molecular complexity index is 828. The zero-order valence-corrected chi connectivity index (χ0v) is 16.5. The number of thioether (sulfide) groups is 1. The number of aromatic nitrogens is 1. The van der Waals surface area contributed by atoms with E-state index >= 15 is 0 Å². The van der Waals surface area contributed by atoms with Crippen LogP contribution in [0.3, 0.4) is 0 Å². The number of carbonyl (C=O) groups excluding carboxylic acids is 1. The number of carbonyl (C=O) groups is 1. The maximum absolute atomic E-state index is 13.2. The van der Waals surface area contributed by atoms with Gasteiger partial charge in [-0.3, -0.25) is 9.69 Å². The molecular formula is C17H22N2O4S2. The van der Waals surface area contributed by atoms with Crippen LogP contribution in [0.1, 0.15) is 27.7 Å². The van der Waals surface area contributed by atoms with Crippen LogP contribution in [0.25, 0.3) is 0 Å². The van der Waals surface area contributed by atoms with Crippen molar-refractivity contribution in [1.82, 2.24) is 9.88 Å². The first-order chi connectivity index (χ1) is 11.6. The normalized spacial score (nSPS) is 28.6. The van der Waals surface area contributed by atoms with Crippen molar-refractivity contribution in [1.29, 1.82) is 0 Å². The molecule has 0 N–H and O–H groups in total. The Labute approximate surface area is 152 Å². The van der Waals surface area contributed by atoms with Gasteiger partial charge < -0.3 is 4.74 Å². The Kier molecular flexibility index (Phi) is 4.50. The fraction of sp³-hybridized carbons (Fsp3) is 0.529. The van der Waals surface area contributed by atoms with Gasteiger partial charge in [-0.25, -0.2) is 13.4 Å². The fourth-order valence-electron chi connectivity index (χ4n) is 3.52. The first kappa shape index (κ1) is 18.4. The van der Waals surface area contributed by atoms with E-state index in [0.717, 1.165) is 5.70 Å². The second kappa shape index (κ2) is 6.10. The highest BCUT2D eigenvalue weighted by atomic mass is 32.3. The van der Waals surface area contributed by atoms with Crippen molar-refractivity contribution < 1.29 is 17.9 Å². The summed E-state index contributed by atoms with van der Waals surface area (Å²) in [5.74, 6) is -0.290. The second-order valence-corrected chi connectivity index (χ2v) is 10.8. The predicted octanol–water partition coefficient (Wildman–Crippen LogP) is 2.43. The number of rotatable bonds is 3. The maximum Gasteiger partial charge on any atom is 0.260 e. The predicted molar refractivity (Wildman–Crippen MR) is 96.4 cm³/mol. The zero-order chi connectivity index (χ0) is 18.6. The summed E-state index contributed by atoms with van der Waals surface area (Å²) in [5, 5.41) is -0.333. The summed E-state index contributed by atoms with van der Waals surface area (Å²) in [6, 6.07) is 5.40. The molecule has 2 aliphatic rings. The summed E-state index contributed by atoms with van der Waals surface area (Å²) in [5.41, 5.74) is 1.08. The molecule has 0 aliphatic carbocycles. The Hall–Kier alpha value is -1.38. The highest BCUT2D eigenvalue weighted by Gasteiger charge is 2.63. The minimum atomic E-state index is -3.65. The SMILES string of the molecule is CO[C@H]1C(=O)N2C(C(C)(C)C)=C(C)C(Sc3ccccn3)S(=O)(=O)[C@H]12. The van der Waals surface area contributed by atoms with E-state index in [2.05, 4.69) is 4.98 Å². The number of hydrogen-bond donors (Lipinski definition) is 0. The number of β-lactam (4-membered cyclic amide) rings is 1. The molecule has 0 saturated carbocycles. The molecular weight excluding hydrogens is 360 g/mol. The van der Waals surface area contributed by atoms with Gasteiger partial charge in [-0.15, -0.1) is 0 Å². The topological polar surface area (TPSA) is 76.6 Å². The van der Waals surface area contributed by atoms with Crippen LogP contribution in [0.15, 0.2) is 40.7 Å². The number of nitrogens with zero attached hydrogens (tertiary/aromatic N) is 2. The molecule has 1 aromatic rings. The number of hydrogen-bond acceptors (Lipinski definition) is 6. The summed E-state index contributed by atoms with van der Waals surface area (Å²) < 4.78 is 30.8. The second-order valence-electron chi connectivity index (χ2n) is 7.24. The smallest absolute Gasteiger partial charge is 0.260 e. The molecule has 8 heteroatoms. The minimum absolute atomic E-state index is 0.290. The molecule has 0 aromatic carbocycles. The van der Waals surface area contributed by atoms with E-state index in [1.165, 1.54) is 23.8 Å². The Morgan fingerprint density at radius 1 is 1.28 bits per heavy atom. The lowest BCUT2D eigenvalue weighted by molar-refractivity contribution is -0.160. The van der Waals surface area contributed by atoms with E-state index < -0.39 is 25.9 Å². The van der Waals surface area contributed by atoms with Gasteiger partial charge in [0, 0.05) is 24.4 Å². The lowest BCUT2D eigenvalue weighted by atomic mass is 9.85. The maximum atomic E-state index is 13.2. The molecule has 0 spiro atoms. The average molecular weight is 383 g/mol. The summed E-state index contributed by atoms with van der Waals surface area (Å²) in [6.45, 7) is 7.74. The molecule has 3 atom stereocenters. The molecule has 2 aliphatic heterocycles. The van der Waals surface area contributed by atoms with Crippen molar-refractivity contribution in [3.63, 3.8) is 0 Å². The molecule has 0 radical (unpaired) electrons. The van der Waals surface area contributed by atoms with E-state index in [1.54, 1.807) is 25.3 Å². The number of allylic oxidation sites excluding steroid dienone is 1. The van der Waals surface area contributed by atoms with Crippen molar-refractivity contribution in [3.05, 3.63) is 35.7 Å². The Balaban J connectivity index is 2.14. The molecule has 1 unspecified atom stereocenters. The van der Waals surface area contributed by atoms with Crippen molar-refractivity contribution in [2.45, 2.75) is 48.8 Å². The standard InChI is InChI=1S/C17H22N2O4S2/c1-10-13(17(2,3)4)19-14(20)12(23-5)15(19)25(21,22)16(10)24-11-8-6-7-9-18-11/h6-9,12,15-16H,1-5H3/t12-,15+,16?/m0/s1. The number of sulfone groups is 1. The third kappa shape index (κ3) is 2.80.